The molecule has 0 saturated carbocycles. The van der Waals surface area contributed by atoms with Crippen LogP contribution in [-0.2, 0) is 0 Å². The third-order valence-corrected chi connectivity index (χ3v) is 5.26. The van der Waals surface area contributed by atoms with Crippen LogP contribution in [0.5, 0.6) is 0 Å². The van der Waals surface area contributed by atoms with Gasteiger partial charge >= 0.3 is 0 Å². The van der Waals surface area contributed by atoms with E-state index in [2.05, 4.69) is 4.98 Å². The van der Waals surface area contributed by atoms with E-state index in [0.29, 0.717) is 9.09 Å². The molecule has 5 nitrogen and oxygen atoms in total. The first kappa shape index (κ1) is 12.5. The lowest BCUT2D eigenvalue weighted by Crippen LogP contribution is -1.87. The largest absolute Gasteiger partial charge is 0.388 e. The van der Waals surface area contributed by atoms with Crippen molar-refractivity contribution in [3.63, 3.8) is 0 Å². The third-order valence-electron chi connectivity index (χ3n) is 1.90. The number of thiazole rings is 1. The highest BCUT2D eigenvalue weighted by Gasteiger charge is 2.22. The molecule has 0 aliphatic heterocycles. The Morgan fingerprint density at radius 1 is 1.65 bits per heavy atom. The molecule has 0 amide bonds. The molecule has 1 atom stereocenters. The fourth-order valence-electron chi connectivity index (χ4n) is 1.13. The molecular formula is C9H8N2O3S3. The summed E-state index contributed by atoms with van der Waals surface area (Å²) in [5.41, 5.74) is 0.0334. The van der Waals surface area contributed by atoms with Gasteiger partial charge in [-0.25, -0.2) is 4.98 Å². The summed E-state index contributed by atoms with van der Waals surface area (Å²) in [6.45, 7) is 1.59. The van der Waals surface area contributed by atoms with Crippen LogP contribution in [0.25, 0.3) is 0 Å². The Bertz CT molecular complexity index is 522. The standard InChI is InChI=1S/C9H8N2O3S3/c1-5(12)7-4-6(11(13)14)8(16-7)17-9-10-2-3-15-9/h2-5,12H,1H3. The Morgan fingerprint density at radius 3 is 2.94 bits per heavy atom. The van der Waals surface area contributed by atoms with Gasteiger partial charge in [-0.15, -0.1) is 22.7 Å². The van der Waals surface area contributed by atoms with Gasteiger partial charge in [0.15, 0.2) is 4.34 Å². The lowest BCUT2D eigenvalue weighted by atomic mass is 10.3. The molecule has 0 spiro atoms. The molecule has 0 fully saturated rings. The molecule has 0 saturated heterocycles. The average molecular weight is 288 g/mol. The number of aromatic nitrogens is 1. The molecule has 0 radical (unpaired) electrons. The van der Waals surface area contributed by atoms with Crippen molar-refractivity contribution in [3.8, 4) is 0 Å². The number of nitrogens with zero attached hydrogens (tertiary/aromatic N) is 2. The van der Waals surface area contributed by atoms with E-state index < -0.39 is 11.0 Å². The van der Waals surface area contributed by atoms with Gasteiger partial charge in [-0.2, -0.15) is 0 Å². The van der Waals surface area contributed by atoms with E-state index in [1.165, 1.54) is 40.5 Å². The molecule has 2 aromatic rings. The van der Waals surface area contributed by atoms with Crippen LogP contribution in [0, 0.1) is 10.1 Å². The Hall–Kier alpha value is -0.960. The lowest BCUT2D eigenvalue weighted by molar-refractivity contribution is -0.387. The summed E-state index contributed by atoms with van der Waals surface area (Å²) < 4.78 is 1.31. The summed E-state index contributed by atoms with van der Waals surface area (Å²) in [6, 6.07) is 1.42. The summed E-state index contributed by atoms with van der Waals surface area (Å²) in [6.07, 6.45) is 0.964. The Balaban J connectivity index is 2.34. The molecule has 0 aromatic carbocycles. The zero-order valence-corrected chi connectivity index (χ0v) is 11.1. The number of hydrogen-bond acceptors (Lipinski definition) is 7. The van der Waals surface area contributed by atoms with Gasteiger partial charge in [-0.1, -0.05) is 0 Å². The zero-order valence-electron chi connectivity index (χ0n) is 8.69. The van der Waals surface area contributed by atoms with Gasteiger partial charge in [0.1, 0.15) is 4.21 Å². The van der Waals surface area contributed by atoms with Gasteiger partial charge in [0.25, 0.3) is 5.69 Å². The predicted octanol–water partition coefficient (Wildman–Crippen LogP) is 3.32. The van der Waals surface area contributed by atoms with Crippen LogP contribution in [0.15, 0.2) is 26.2 Å². The molecule has 0 aliphatic carbocycles. The summed E-state index contributed by atoms with van der Waals surface area (Å²) in [4.78, 5) is 15.1. The van der Waals surface area contributed by atoms with Gasteiger partial charge in [0, 0.05) is 22.5 Å². The second-order valence-corrected chi connectivity index (χ2v) is 6.65. The van der Waals surface area contributed by atoms with Crippen LogP contribution < -0.4 is 0 Å². The highest BCUT2D eigenvalue weighted by Crippen LogP contribution is 2.43. The fraction of sp³-hybridized carbons (Fsp3) is 0.222. The van der Waals surface area contributed by atoms with Crippen LogP contribution in [0.2, 0.25) is 0 Å². The van der Waals surface area contributed by atoms with E-state index in [9.17, 15) is 15.2 Å². The molecule has 17 heavy (non-hydrogen) atoms. The number of nitro groups is 1. The van der Waals surface area contributed by atoms with Crippen LogP contribution in [0.4, 0.5) is 5.69 Å². The van der Waals surface area contributed by atoms with Gasteiger partial charge in [0.2, 0.25) is 0 Å². The molecule has 0 aliphatic rings. The number of thiophene rings is 1. The number of aliphatic hydroxyl groups excluding tert-OH is 1. The molecule has 0 bridgehead atoms. The van der Waals surface area contributed by atoms with Crippen molar-refractivity contribution >= 4 is 40.1 Å². The molecular weight excluding hydrogens is 280 g/mol. The normalized spacial score (nSPS) is 12.6. The summed E-state index contributed by atoms with van der Waals surface area (Å²) in [5, 5.41) is 22.1. The van der Waals surface area contributed by atoms with Gasteiger partial charge in [-0.3, -0.25) is 10.1 Å². The van der Waals surface area contributed by atoms with E-state index in [4.69, 9.17) is 0 Å². The Morgan fingerprint density at radius 2 is 2.41 bits per heavy atom. The first-order valence-electron chi connectivity index (χ1n) is 4.61. The van der Waals surface area contributed by atoms with Crippen molar-refractivity contribution < 1.29 is 10.0 Å². The van der Waals surface area contributed by atoms with Crippen molar-refractivity contribution in [2.75, 3.05) is 0 Å². The van der Waals surface area contributed by atoms with Crippen LogP contribution in [-0.4, -0.2) is 15.0 Å². The maximum atomic E-state index is 10.9. The minimum absolute atomic E-state index is 0.0334. The Labute approximate surface area is 109 Å². The lowest BCUT2D eigenvalue weighted by Gasteiger charge is -1.95. The van der Waals surface area contributed by atoms with Crippen molar-refractivity contribution in [1.29, 1.82) is 0 Å². The van der Waals surface area contributed by atoms with E-state index >= 15 is 0 Å². The van der Waals surface area contributed by atoms with Crippen molar-refractivity contribution in [1.82, 2.24) is 4.98 Å². The maximum absolute atomic E-state index is 10.9. The minimum Gasteiger partial charge on any atom is -0.388 e. The molecule has 2 heterocycles. The highest BCUT2D eigenvalue weighted by molar-refractivity contribution is 8.02. The van der Waals surface area contributed by atoms with Crippen LogP contribution >= 0.6 is 34.4 Å². The molecule has 8 heteroatoms. The zero-order chi connectivity index (χ0) is 12.4. The molecule has 2 rings (SSSR count). The van der Waals surface area contributed by atoms with E-state index in [1.54, 1.807) is 13.1 Å². The van der Waals surface area contributed by atoms with Crippen LogP contribution in [0.1, 0.15) is 17.9 Å². The molecule has 90 valence electrons. The van der Waals surface area contributed by atoms with Crippen molar-refractivity contribution in [2.45, 2.75) is 21.6 Å². The van der Waals surface area contributed by atoms with Crippen LogP contribution in [0.3, 0.4) is 0 Å². The van der Waals surface area contributed by atoms with Crippen molar-refractivity contribution in [2.24, 2.45) is 0 Å². The third kappa shape index (κ3) is 2.83. The maximum Gasteiger partial charge on any atom is 0.294 e. The van der Waals surface area contributed by atoms with E-state index in [1.807, 2.05) is 5.38 Å². The fourth-order valence-corrected chi connectivity index (χ4v) is 4.25. The first-order chi connectivity index (χ1) is 8.08. The number of hydrogen-bond donors (Lipinski definition) is 1. The highest BCUT2D eigenvalue weighted by atomic mass is 32.2. The van der Waals surface area contributed by atoms with Gasteiger partial charge < -0.3 is 5.11 Å². The SMILES string of the molecule is CC(O)c1cc([N+](=O)[O-])c(Sc2nccs2)s1. The topological polar surface area (TPSA) is 76.3 Å². The summed E-state index contributed by atoms with van der Waals surface area (Å²) >= 11 is 3.92. The monoisotopic (exact) mass is 288 g/mol. The summed E-state index contributed by atoms with van der Waals surface area (Å²) in [5.74, 6) is 0. The minimum atomic E-state index is -0.690. The van der Waals surface area contributed by atoms with E-state index in [0.717, 1.165) is 4.34 Å². The molecule has 1 N–H and O–H groups in total. The second kappa shape index (κ2) is 5.13. The first-order valence-corrected chi connectivity index (χ1v) is 7.12. The smallest absolute Gasteiger partial charge is 0.294 e. The molecule has 1 unspecified atom stereocenters. The molecule has 2 aromatic heterocycles. The average Bonchev–Trinajstić information content (AvgIpc) is 2.87. The van der Waals surface area contributed by atoms with Crippen molar-refractivity contribution in [3.05, 3.63) is 32.6 Å². The predicted molar refractivity (Wildman–Crippen MR) is 67.8 cm³/mol. The van der Waals surface area contributed by atoms with Gasteiger partial charge in [-0.05, 0) is 18.7 Å². The second-order valence-electron chi connectivity index (χ2n) is 3.15. The number of aliphatic hydroxyl groups is 1. The Kier molecular flexibility index (Phi) is 3.77. The van der Waals surface area contributed by atoms with E-state index in [-0.39, 0.29) is 5.69 Å². The summed E-state index contributed by atoms with van der Waals surface area (Å²) in [7, 11) is 0. The number of rotatable bonds is 4. The quantitative estimate of drug-likeness (QED) is 0.690. The van der Waals surface area contributed by atoms with Gasteiger partial charge in [0.05, 0.1) is 11.0 Å².